The van der Waals surface area contributed by atoms with Crippen molar-refractivity contribution in [1.82, 2.24) is 10.4 Å². The Kier molecular flexibility index (Phi) is 6.32. The lowest BCUT2D eigenvalue weighted by atomic mass is 10.2. The zero-order chi connectivity index (χ0) is 14.4. The lowest BCUT2D eigenvalue weighted by Crippen LogP contribution is -2.38. The second-order valence-electron chi connectivity index (χ2n) is 4.28. The summed E-state index contributed by atoms with van der Waals surface area (Å²) >= 11 is 11.2. The summed E-state index contributed by atoms with van der Waals surface area (Å²) in [6.07, 6.45) is 2.57. The van der Waals surface area contributed by atoms with Crippen LogP contribution in [0.25, 0.3) is 0 Å². The molecule has 1 atom stereocenters. The number of aromatic nitrogens is 1. The molecule has 1 aromatic carbocycles. The highest BCUT2D eigenvalue weighted by molar-refractivity contribution is 9.10. The van der Waals surface area contributed by atoms with Gasteiger partial charge in [-0.25, -0.2) is 0 Å². The largest absolute Gasteiger partial charge is 0.271 e. The second kappa shape index (κ2) is 8.00. The number of halogens is 2. The van der Waals surface area contributed by atoms with Crippen LogP contribution in [0.4, 0.5) is 0 Å². The summed E-state index contributed by atoms with van der Waals surface area (Å²) in [5.74, 6) is 6.45. The van der Waals surface area contributed by atoms with E-state index in [1.54, 1.807) is 18.0 Å². The molecule has 6 heteroatoms. The number of hydrogen-bond donors (Lipinski definition) is 2. The van der Waals surface area contributed by atoms with E-state index < -0.39 is 0 Å². The first-order valence-corrected chi connectivity index (χ1v) is 8.28. The van der Waals surface area contributed by atoms with Crippen LogP contribution in [0, 0.1) is 0 Å². The zero-order valence-corrected chi connectivity index (χ0v) is 13.9. The van der Waals surface area contributed by atoms with Crippen molar-refractivity contribution in [2.45, 2.75) is 17.4 Å². The van der Waals surface area contributed by atoms with Gasteiger partial charge in [-0.1, -0.05) is 23.7 Å². The van der Waals surface area contributed by atoms with Crippen molar-refractivity contribution in [3.05, 3.63) is 57.8 Å². The van der Waals surface area contributed by atoms with Crippen LogP contribution in [0.2, 0.25) is 5.02 Å². The number of nitrogens with one attached hydrogen (secondary N) is 1. The molecule has 1 heterocycles. The molecule has 0 saturated carbocycles. The number of hydrogen-bond acceptors (Lipinski definition) is 4. The standard InChI is InChI=1S/C14H15BrClN3S/c15-10-5-6-11(18-8-10)7-12(19-17)9-20-14-4-2-1-3-13(14)16/h1-6,8,12,19H,7,9,17H2. The van der Waals surface area contributed by atoms with Crippen molar-refractivity contribution in [2.24, 2.45) is 5.84 Å². The molecule has 0 radical (unpaired) electrons. The fraction of sp³-hybridized carbons (Fsp3) is 0.214. The summed E-state index contributed by atoms with van der Waals surface area (Å²) < 4.78 is 0.976. The molecule has 0 amide bonds. The Morgan fingerprint density at radius 2 is 2.10 bits per heavy atom. The van der Waals surface area contributed by atoms with Crippen LogP contribution in [-0.4, -0.2) is 16.8 Å². The van der Waals surface area contributed by atoms with Crippen molar-refractivity contribution in [1.29, 1.82) is 0 Å². The molecular formula is C14H15BrClN3S. The molecular weight excluding hydrogens is 358 g/mol. The van der Waals surface area contributed by atoms with E-state index in [-0.39, 0.29) is 6.04 Å². The van der Waals surface area contributed by atoms with E-state index in [0.717, 1.165) is 32.3 Å². The van der Waals surface area contributed by atoms with Crippen LogP contribution in [0.1, 0.15) is 5.69 Å². The molecule has 2 rings (SSSR count). The van der Waals surface area contributed by atoms with Gasteiger partial charge in [0.15, 0.2) is 0 Å². The van der Waals surface area contributed by atoms with E-state index in [1.807, 2.05) is 36.4 Å². The van der Waals surface area contributed by atoms with Gasteiger partial charge >= 0.3 is 0 Å². The normalized spacial score (nSPS) is 12.3. The minimum Gasteiger partial charge on any atom is -0.271 e. The Labute approximate surface area is 136 Å². The van der Waals surface area contributed by atoms with E-state index >= 15 is 0 Å². The summed E-state index contributed by atoms with van der Waals surface area (Å²) in [7, 11) is 0. The zero-order valence-electron chi connectivity index (χ0n) is 10.7. The number of nitrogens with zero attached hydrogens (tertiary/aromatic N) is 1. The van der Waals surface area contributed by atoms with Crippen LogP contribution in [0.5, 0.6) is 0 Å². The average molecular weight is 373 g/mol. The Morgan fingerprint density at radius 3 is 2.75 bits per heavy atom. The molecule has 0 bridgehead atoms. The summed E-state index contributed by atoms with van der Waals surface area (Å²) in [5, 5.41) is 0.773. The van der Waals surface area contributed by atoms with Crippen molar-refractivity contribution >= 4 is 39.3 Å². The first-order chi connectivity index (χ1) is 9.69. The first kappa shape index (κ1) is 15.8. The SMILES string of the molecule is NNC(CSc1ccccc1Cl)Cc1ccc(Br)cn1. The van der Waals surface area contributed by atoms with Crippen molar-refractivity contribution in [3.63, 3.8) is 0 Å². The van der Waals surface area contributed by atoms with Crippen molar-refractivity contribution < 1.29 is 0 Å². The fourth-order valence-corrected chi connectivity index (χ4v) is 3.21. The quantitative estimate of drug-likeness (QED) is 0.461. The third kappa shape index (κ3) is 4.75. The van der Waals surface area contributed by atoms with Crippen molar-refractivity contribution in [2.75, 3.05) is 5.75 Å². The molecule has 106 valence electrons. The Balaban J connectivity index is 1.92. The Morgan fingerprint density at radius 1 is 1.30 bits per heavy atom. The molecule has 0 spiro atoms. The molecule has 2 aromatic rings. The number of rotatable bonds is 6. The maximum atomic E-state index is 6.14. The maximum absolute atomic E-state index is 6.14. The highest BCUT2D eigenvalue weighted by Gasteiger charge is 2.10. The molecule has 3 N–H and O–H groups in total. The van der Waals surface area contributed by atoms with Gasteiger partial charge in [0.05, 0.1) is 5.02 Å². The average Bonchev–Trinajstić information content (AvgIpc) is 2.47. The van der Waals surface area contributed by atoms with Gasteiger partial charge in [-0.3, -0.25) is 16.3 Å². The molecule has 1 unspecified atom stereocenters. The number of benzene rings is 1. The number of hydrazine groups is 1. The topological polar surface area (TPSA) is 50.9 Å². The van der Waals surface area contributed by atoms with E-state index in [1.165, 1.54) is 0 Å². The molecule has 0 aliphatic heterocycles. The number of pyridine rings is 1. The minimum absolute atomic E-state index is 0.143. The van der Waals surface area contributed by atoms with Gasteiger partial charge in [0, 0.05) is 39.5 Å². The highest BCUT2D eigenvalue weighted by Crippen LogP contribution is 2.27. The summed E-state index contributed by atoms with van der Waals surface area (Å²) in [6, 6.07) is 11.9. The van der Waals surface area contributed by atoms with Gasteiger partial charge in [-0.05, 0) is 40.2 Å². The number of nitrogens with two attached hydrogens (primary N) is 1. The van der Waals surface area contributed by atoms with Crippen molar-refractivity contribution in [3.8, 4) is 0 Å². The summed E-state index contributed by atoms with van der Waals surface area (Å²) in [6.45, 7) is 0. The van der Waals surface area contributed by atoms with E-state index in [4.69, 9.17) is 17.4 Å². The van der Waals surface area contributed by atoms with Crippen LogP contribution < -0.4 is 11.3 Å². The molecule has 0 fully saturated rings. The van der Waals surface area contributed by atoms with Gasteiger partial charge in [-0.2, -0.15) is 0 Å². The third-order valence-corrected chi connectivity index (χ3v) is 4.90. The summed E-state index contributed by atoms with van der Waals surface area (Å²) in [4.78, 5) is 5.43. The van der Waals surface area contributed by atoms with Crippen LogP contribution in [0.3, 0.4) is 0 Å². The maximum Gasteiger partial charge on any atom is 0.0541 e. The molecule has 0 aliphatic carbocycles. The summed E-state index contributed by atoms with van der Waals surface area (Å²) in [5.41, 5.74) is 3.85. The Bertz CT molecular complexity index is 550. The smallest absolute Gasteiger partial charge is 0.0541 e. The van der Waals surface area contributed by atoms with E-state index in [2.05, 4.69) is 26.3 Å². The van der Waals surface area contributed by atoms with Gasteiger partial charge in [0.2, 0.25) is 0 Å². The first-order valence-electron chi connectivity index (χ1n) is 6.13. The van der Waals surface area contributed by atoms with Gasteiger partial charge < -0.3 is 0 Å². The molecule has 3 nitrogen and oxygen atoms in total. The molecule has 20 heavy (non-hydrogen) atoms. The fourth-order valence-electron chi connectivity index (χ4n) is 1.70. The monoisotopic (exact) mass is 371 g/mol. The van der Waals surface area contributed by atoms with Gasteiger partial charge in [0.1, 0.15) is 0 Å². The van der Waals surface area contributed by atoms with E-state index in [0.29, 0.717) is 0 Å². The molecule has 0 saturated heterocycles. The van der Waals surface area contributed by atoms with Crippen LogP contribution >= 0.6 is 39.3 Å². The van der Waals surface area contributed by atoms with E-state index in [9.17, 15) is 0 Å². The predicted molar refractivity (Wildman–Crippen MR) is 88.9 cm³/mol. The third-order valence-electron chi connectivity index (χ3n) is 2.76. The van der Waals surface area contributed by atoms with Gasteiger partial charge in [-0.15, -0.1) is 11.8 Å². The lowest BCUT2D eigenvalue weighted by Gasteiger charge is -2.15. The lowest BCUT2D eigenvalue weighted by molar-refractivity contribution is 0.569. The second-order valence-corrected chi connectivity index (χ2v) is 6.66. The van der Waals surface area contributed by atoms with Gasteiger partial charge in [0.25, 0.3) is 0 Å². The molecule has 1 aromatic heterocycles. The predicted octanol–water partition coefficient (Wildman–Crippen LogP) is 3.66. The minimum atomic E-state index is 0.143. The number of thioether (sulfide) groups is 1. The van der Waals surface area contributed by atoms with Crippen LogP contribution in [0.15, 0.2) is 52.0 Å². The Hall–Kier alpha value is -0.590. The molecule has 0 aliphatic rings. The van der Waals surface area contributed by atoms with Crippen LogP contribution in [-0.2, 0) is 6.42 Å². The highest BCUT2D eigenvalue weighted by atomic mass is 79.9.